The molecule has 0 fully saturated rings. The number of hydrogen-bond donors (Lipinski definition) is 1. The first-order chi connectivity index (χ1) is 9.88. The van der Waals surface area contributed by atoms with Crippen LogP contribution in [-0.2, 0) is 6.54 Å². The lowest BCUT2D eigenvalue weighted by Crippen LogP contribution is -2.11. The molecule has 3 rings (SSSR count). The van der Waals surface area contributed by atoms with Gasteiger partial charge >= 0.3 is 0 Å². The minimum atomic E-state index is 0.926. The van der Waals surface area contributed by atoms with Crippen molar-refractivity contribution in [3.05, 3.63) is 72.3 Å². The van der Waals surface area contributed by atoms with Crippen molar-refractivity contribution < 1.29 is 0 Å². The average molecular weight is 261 g/mol. The van der Waals surface area contributed by atoms with Gasteiger partial charge in [-0.25, -0.2) is 0 Å². The summed E-state index contributed by atoms with van der Waals surface area (Å²) in [4.78, 5) is 0. The zero-order valence-corrected chi connectivity index (χ0v) is 11.8. The van der Waals surface area contributed by atoms with Crippen LogP contribution in [0.25, 0.3) is 21.9 Å². The van der Waals surface area contributed by atoms with E-state index in [0.717, 1.165) is 13.1 Å². The molecule has 0 saturated heterocycles. The van der Waals surface area contributed by atoms with Crippen LogP contribution in [0, 0.1) is 0 Å². The molecule has 0 spiro atoms. The Bertz CT molecular complexity index is 710. The summed E-state index contributed by atoms with van der Waals surface area (Å²) in [6.45, 7) is 4.06. The van der Waals surface area contributed by atoms with Crippen molar-refractivity contribution in [1.29, 1.82) is 0 Å². The third kappa shape index (κ3) is 2.59. The minimum absolute atomic E-state index is 0.926. The van der Waals surface area contributed by atoms with Crippen molar-refractivity contribution in [2.75, 3.05) is 6.54 Å². The Morgan fingerprint density at radius 3 is 2.55 bits per heavy atom. The highest BCUT2D eigenvalue weighted by molar-refractivity contribution is 5.96. The SMILES string of the molecule is CCNCc1cccc(-c2cccc3ccccc23)c1. The molecular weight excluding hydrogens is 242 g/mol. The Labute approximate surface area is 120 Å². The molecule has 0 heterocycles. The van der Waals surface area contributed by atoms with Gasteiger partial charge in [0.25, 0.3) is 0 Å². The predicted octanol–water partition coefficient (Wildman–Crippen LogP) is 4.62. The summed E-state index contributed by atoms with van der Waals surface area (Å²) in [5, 5.41) is 5.99. The number of hydrogen-bond acceptors (Lipinski definition) is 1. The Morgan fingerprint density at radius 1 is 0.850 bits per heavy atom. The molecule has 0 unspecified atom stereocenters. The molecule has 0 aromatic heterocycles. The topological polar surface area (TPSA) is 12.0 Å². The van der Waals surface area contributed by atoms with Gasteiger partial charge in [0.05, 0.1) is 0 Å². The number of rotatable bonds is 4. The summed E-state index contributed by atoms with van der Waals surface area (Å²) in [6, 6.07) is 23.9. The standard InChI is InChI=1S/C19H19N/c1-2-20-14-15-7-5-10-17(13-15)19-12-6-9-16-8-3-4-11-18(16)19/h3-13,20H,2,14H2,1H3. The molecular formula is C19H19N. The highest BCUT2D eigenvalue weighted by atomic mass is 14.8. The van der Waals surface area contributed by atoms with Gasteiger partial charge in [0.15, 0.2) is 0 Å². The maximum absolute atomic E-state index is 3.38. The predicted molar refractivity (Wildman–Crippen MR) is 86.8 cm³/mol. The summed E-state index contributed by atoms with van der Waals surface area (Å²) in [7, 11) is 0. The van der Waals surface area contributed by atoms with E-state index in [2.05, 4.69) is 79.0 Å². The van der Waals surface area contributed by atoms with E-state index in [1.54, 1.807) is 0 Å². The van der Waals surface area contributed by atoms with E-state index in [1.807, 2.05) is 0 Å². The van der Waals surface area contributed by atoms with Gasteiger partial charge in [0.1, 0.15) is 0 Å². The zero-order chi connectivity index (χ0) is 13.8. The van der Waals surface area contributed by atoms with E-state index < -0.39 is 0 Å². The highest BCUT2D eigenvalue weighted by Gasteiger charge is 2.03. The molecule has 20 heavy (non-hydrogen) atoms. The molecule has 0 atom stereocenters. The first-order valence-electron chi connectivity index (χ1n) is 7.16. The van der Waals surface area contributed by atoms with Crippen LogP contribution in [0.4, 0.5) is 0 Å². The fourth-order valence-corrected chi connectivity index (χ4v) is 2.60. The first kappa shape index (κ1) is 12.9. The summed E-state index contributed by atoms with van der Waals surface area (Å²) in [5.74, 6) is 0. The van der Waals surface area contributed by atoms with E-state index in [9.17, 15) is 0 Å². The maximum atomic E-state index is 3.38. The van der Waals surface area contributed by atoms with Crippen LogP contribution in [0.5, 0.6) is 0 Å². The van der Waals surface area contributed by atoms with Gasteiger partial charge in [0.2, 0.25) is 0 Å². The minimum Gasteiger partial charge on any atom is -0.313 e. The number of nitrogens with one attached hydrogen (secondary N) is 1. The molecule has 3 aromatic carbocycles. The van der Waals surface area contributed by atoms with Crippen LogP contribution in [0.2, 0.25) is 0 Å². The second kappa shape index (κ2) is 5.89. The lowest BCUT2D eigenvalue weighted by Gasteiger charge is -2.09. The van der Waals surface area contributed by atoms with E-state index in [0.29, 0.717) is 0 Å². The molecule has 100 valence electrons. The van der Waals surface area contributed by atoms with Crippen molar-refractivity contribution in [3.8, 4) is 11.1 Å². The van der Waals surface area contributed by atoms with E-state index in [-0.39, 0.29) is 0 Å². The van der Waals surface area contributed by atoms with E-state index in [1.165, 1.54) is 27.5 Å². The fourth-order valence-electron chi connectivity index (χ4n) is 2.60. The van der Waals surface area contributed by atoms with Crippen LogP contribution in [0.1, 0.15) is 12.5 Å². The highest BCUT2D eigenvalue weighted by Crippen LogP contribution is 2.28. The van der Waals surface area contributed by atoms with Gasteiger partial charge in [-0.3, -0.25) is 0 Å². The first-order valence-corrected chi connectivity index (χ1v) is 7.16. The summed E-state index contributed by atoms with van der Waals surface area (Å²) in [5.41, 5.74) is 3.93. The fraction of sp³-hybridized carbons (Fsp3) is 0.158. The third-order valence-corrected chi connectivity index (χ3v) is 3.61. The van der Waals surface area contributed by atoms with Gasteiger partial charge in [-0.05, 0) is 40.1 Å². The molecule has 1 N–H and O–H groups in total. The molecule has 0 radical (unpaired) electrons. The Morgan fingerprint density at radius 2 is 1.65 bits per heavy atom. The summed E-state index contributed by atoms with van der Waals surface area (Å²) in [6.07, 6.45) is 0. The lowest BCUT2D eigenvalue weighted by molar-refractivity contribution is 0.727. The molecule has 1 heteroatoms. The van der Waals surface area contributed by atoms with E-state index in [4.69, 9.17) is 0 Å². The van der Waals surface area contributed by atoms with Gasteiger partial charge in [-0.1, -0.05) is 67.6 Å². The third-order valence-electron chi connectivity index (χ3n) is 3.61. The van der Waals surface area contributed by atoms with Gasteiger partial charge < -0.3 is 5.32 Å². The molecule has 1 nitrogen and oxygen atoms in total. The lowest BCUT2D eigenvalue weighted by atomic mass is 9.97. The van der Waals surface area contributed by atoms with Gasteiger partial charge in [0, 0.05) is 6.54 Å². The van der Waals surface area contributed by atoms with Gasteiger partial charge in [-0.2, -0.15) is 0 Å². The quantitative estimate of drug-likeness (QED) is 0.722. The molecule has 0 saturated carbocycles. The Hall–Kier alpha value is -2.12. The second-order valence-corrected chi connectivity index (χ2v) is 5.01. The Kier molecular flexibility index (Phi) is 3.80. The van der Waals surface area contributed by atoms with E-state index >= 15 is 0 Å². The van der Waals surface area contributed by atoms with Crippen molar-refractivity contribution >= 4 is 10.8 Å². The summed E-state index contributed by atoms with van der Waals surface area (Å²) >= 11 is 0. The molecule has 0 bridgehead atoms. The Balaban J connectivity index is 2.06. The molecule has 0 aliphatic heterocycles. The smallest absolute Gasteiger partial charge is 0.0205 e. The molecule has 0 amide bonds. The monoisotopic (exact) mass is 261 g/mol. The number of benzene rings is 3. The second-order valence-electron chi connectivity index (χ2n) is 5.01. The summed E-state index contributed by atoms with van der Waals surface area (Å²) < 4.78 is 0. The van der Waals surface area contributed by atoms with Crippen molar-refractivity contribution in [1.82, 2.24) is 5.32 Å². The molecule has 0 aliphatic rings. The van der Waals surface area contributed by atoms with Crippen LogP contribution in [0.15, 0.2) is 66.7 Å². The number of fused-ring (bicyclic) bond motifs is 1. The molecule has 0 aliphatic carbocycles. The van der Waals surface area contributed by atoms with Crippen molar-refractivity contribution in [2.24, 2.45) is 0 Å². The largest absolute Gasteiger partial charge is 0.313 e. The van der Waals surface area contributed by atoms with Crippen LogP contribution < -0.4 is 5.32 Å². The molecule has 3 aromatic rings. The van der Waals surface area contributed by atoms with Crippen LogP contribution in [-0.4, -0.2) is 6.54 Å². The van der Waals surface area contributed by atoms with Crippen molar-refractivity contribution in [2.45, 2.75) is 13.5 Å². The average Bonchev–Trinajstić information content (AvgIpc) is 2.52. The maximum Gasteiger partial charge on any atom is 0.0205 e. The zero-order valence-electron chi connectivity index (χ0n) is 11.8. The normalized spacial score (nSPS) is 10.8. The van der Waals surface area contributed by atoms with Gasteiger partial charge in [-0.15, -0.1) is 0 Å². The van der Waals surface area contributed by atoms with Crippen LogP contribution >= 0.6 is 0 Å². The van der Waals surface area contributed by atoms with Crippen LogP contribution in [0.3, 0.4) is 0 Å². The van der Waals surface area contributed by atoms with Crippen molar-refractivity contribution in [3.63, 3.8) is 0 Å².